The van der Waals surface area contributed by atoms with Gasteiger partial charge in [-0.25, -0.2) is 4.90 Å². The van der Waals surface area contributed by atoms with Crippen LogP contribution in [-0.2, 0) is 9.59 Å². The van der Waals surface area contributed by atoms with Crippen LogP contribution in [0.15, 0.2) is 72.4 Å². The number of benzene rings is 3. The number of anilines is 1. The molecule has 2 aliphatic heterocycles. The monoisotopic (exact) mass is 455 g/mol. The summed E-state index contributed by atoms with van der Waals surface area (Å²) in [6.07, 6.45) is 0. The van der Waals surface area contributed by atoms with Crippen molar-refractivity contribution in [3.8, 4) is 5.75 Å². The summed E-state index contributed by atoms with van der Waals surface area (Å²) >= 11 is 0. The van der Waals surface area contributed by atoms with Gasteiger partial charge in [0, 0.05) is 31.6 Å². The van der Waals surface area contributed by atoms with Gasteiger partial charge in [0.25, 0.3) is 11.8 Å². The Morgan fingerprint density at radius 3 is 2.21 bits per heavy atom. The molecule has 0 saturated carbocycles. The maximum Gasteiger partial charge on any atom is 0.282 e. The Morgan fingerprint density at radius 2 is 1.50 bits per heavy atom. The Labute approximate surface area is 200 Å². The Bertz CT molecular complexity index is 1250. The lowest BCUT2D eigenvalue weighted by molar-refractivity contribution is -0.120. The van der Waals surface area contributed by atoms with Crippen LogP contribution in [-0.4, -0.2) is 60.9 Å². The first kappa shape index (κ1) is 22.2. The molecule has 2 aliphatic rings. The van der Waals surface area contributed by atoms with Gasteiger partial charge in [-0.2, -0.15) is 0 Å². The molecule has 1 fully saturated rings. The number of amides is 2. The normalized spacial score (nSPS) is 17.2. The van der Waals surface area contributed by atoms with Crippen molar-refractivity contribution in [2.75, 3.05) is 44.2 Å². The lowest BCUT2D eigenvalue weighted by Gasteiger charge is -2.36. The van der Waals surface area contributed by atoms with E-state index >= 15 is 0 Å². The quantitative estimate of drug-likeness (QED) is 0.523. The van der Waals surface area contributed by atoms with Crippen LogP contribution in [0.1, 0.15) is 19.4 Å². The maximum atomic E-state index is 13.9. The number of hydrogen-bond acceptors (Lipinski definition) is 5. The standard InChI is InChI=1S/C28H29N3O3/c1-3-29-16-18-30(19-17-29)26-25(21-12-14-22(15-13-21)34-4-2)27(32)31(28(26)33)24-11-7-9-20-8-5-6-10-23(20)24/h5-15H,3-4,16-19H2,1-2H3. The molecule has 0 atom stereocenters. The van der Waals surface area contributed by atoms with Crippen LogP contribution in [0.3, 0.4) is 0 Å². The third kappa shape index (κ3) is 3.84. The van der Waals surface area contributed by atoms with E-state index in [0.717, 1.165) is 41.7 Å². The smallest absolute Gasteiger partial charge is 0.282 e. The highest BCUT2D eigenvalue weighted by atomic mass is 16.5. The second-order valence-corrected chi connectivity index (χ2v) is 8.55. The van der Waals surface area contributed by atoms with Crippen LogP contribution in [0.4, 0.5) is 5.69 Å². The number of likely N-dealkylation sites (N-methyl/N-ethyl adjacent to an activating group) is 1. The van der Waals surface area contributed by atoms with Gasteiger partial charge in [-0.15, -0.1) is 0 Å². The van der Waals surface area contributed by atoms with Crippen molar-refractivity contribution in [1.82, 2.24) is 9.80 Å². The van der Waals surface area contributed by atoms with E-state index in [4.69, 9.17) is 4.74 Å². The number of carbonyl (C=O) groups is 2. The second-order valence-electron chi connectivity index (χ2n) is 8.55. The van der Waals surface area contributed by atoms with Crippen molar-refractivity contribution in [2.45, 2.75) is 13.8 Å². The van der Waals surface area contributed by atoms with E-state index in [1.165, 1.54) is 4.90 Å². The minimum atomic E-state index is -0.279. The number of carbonyl (C=O) groups excluding carboxylic acids is 2. The van der Waals surface area contributed by atoms with E-state index in [9.17, 15) is 9.59 Å². The Morgan fingerprint density at radius 1 is 0.794 bits per heavy atom. The molecule has 2 amide bonds. The Balaban J connectivity index is 1.60. The van der Waals surface area contributed by atoms with Crippen LogP contribution in [0.2, 0.25) is 0 Å². The van der Waals surface area contributed by atoms with E-state index in [2.05, 4.69) is 16.7 Å². The van der Waals surface area contributed by atoms with Crippen LogP contribution in [0.25, 0.3) is 16.3 Å². The molecule has 0 aromatic heterocycles. The largest absolute Gasteiger partial charge is 0.494 e. The lowest BCUT2D eigenvalue weighted by Crippen LogP contribution is -2.47. The molecule has 0 radical (unpaired) electrons. The van der Waals surface area contributed by atoms with Crippen molar-refractivity contribution in [2.24, 2.45) is 0 Å². The third-order valence-electron chi connectivity index (χ3n) is 6.66. The van der Waals surface area contributed by atoms with E-state index in [0.29, 0.717) is 36.7 Å². The fourth-order valence-electron chi connectivity index (χ4n) is 4.87. The molecular formula is C28H29N3O3. The van der Waals surface area contributed by atoms with Gasteiger partial charge in [0.15, 0.2) is 0 Å². The minimum Gasteiger partial charge on any atom is -0.494 e. The molecular weight excluding hydrogens is 426 g/mol. The lowest BCUT2D eigenvalue weighted by atomic mass is 10.0. The summed E-state index contributed by atoms with van der Waals surface area (Å²) in [7, 11) is 0. The number of ether oxygens (including phenoxy) is 1. The van der Waals surface area contributed by atoms with Crippen molar-refractivity contribution in [3.63, 3.8) is 0 Å². The second kappa shape index (κ2) is 9.31. The topological polar surface area (TPSA) is 53.1 Å². The van der Waals surface area contributed by atoms with Gasteiger partial charge < -0.3 is 14.5 Å². The molecule has 1 saturated heterocycles. The molecule has 0 aliphatic carbocycles. The number of nitrogens with zero attached hydrogens (tertiary/aromatic N) is 3. The fraction of sp³-hybridized carbons (Fsp3) is 0.286. The van der Waals surface area contributed by atoms with Crippen molar-refractivity contribution in [3.05, 3.63) is 78.0 Å². The van der Waals surface area contributed by atoms with Gasteiger partial charge in [0.05, 0.1) is 17.9 Å². The fourth-order valence-corrected chi connectivity index (χ4v) is 4.87. The summed E-state index contributed by atoms with van der Waals surface area (Å²) in [5.74, 6) is 0.210. The average Bonchev–Trinajstić information content (AvgIpc) is 3.14. The predicted octanol–water partition coefficient (Wildman–Crippen LogP) is 4.16. The van der Waals surface area contributed by atoms with Gasteiger partial charge >= 0.3 is 0 Å². The zero-order valence-corrected chi connectivity index (χ0v) is 19.7. The number of hydrogen-bond donors (Lipinski definition) is 0. The summed E-state index contributed by atoms with van der Waals surface area (Å²) in [4.78, 5) is 33.7. The van der Waals surface area contributed by atoms with E-state index in [1.54, 1.807) is 0 Å². The molecule has 3 aromatic carbocycles. The molecule has 0 spiro atoms. The van der Waals surface area contributed by atoms with Gasteiger partial charge in [0.1, 0.15) is 11.4 Å². The zero-order chi connectivity index (χ0) is 23.7. The molecule has 0 bridgehead atoms. The number of piperazine rings is 1. The Hall–Kier alpha value is -3.64. The van der Waals surface area contributed by atoms with Crippen LogP contribution >= 0.6 is 0 Å². The summed E-state index contributed by atoms with van der Waals surface area (Å²) in [5.41, 5.74) is 2.32. The first-order chi connectivity index (χ1) is 16.6. The first-order valence-corrected chi connectivity index (χ1v) is 11.9. The Kier molecular flexibility index (Phi) is 6.07. The third-order valence-corrected chi connectivity index (χ3v) is 6.66. The maximum absolute atomic E-state index is 13.9. The first-order valence-electron chi connectivity index (χ1n) is 11.9. The number of rotatable bonds is 6. The van der Waals surface area contributed by atoms with E-state index < -0.39 is 0 Å². The van der Waals surface area contributed by atoms with Gasteiger partial charge in [-0.3, -0.25) is 9.59 Å². The summed E-state index contributed by atoms with van der Waals surface area (Å²) in [6, 6.07) is 21.1. The zero-order valence-electron chi connectivity index (χ0n) is 19.7. The predicted molar refractivity (Wildman–Crippen MR) is 135 cm³/mol. The van der Waals surface area contributed by atoms with Gasteiger partial charge in [-0.1, -0.05) is 55.5 Å². The molecule has 0 unspecified atom stereocenters. The van der Waals surface area contributed by atoms with Crippen LogP contribution < -0.4 is 9.64 Å². The molecule has 174 valence electrons. The molecule has 2 heterocycles. The summed E-state index contributed by atoms with van der Waals surface area (Å²) < 4.78 is 5.58. The van der Waals surface area contributed by atoms with Gasteiger partial charge in [0.2, 0.25) is 0 Å². The van der Waals surface area contributed by atoms with E-state index in [1.807, 2.05) is 73.7 Å². The van der Waals surface area contributed by atoms with Crippen LogP contribution in [0, 0.1) is 0 Å². The molecule has 34 heavy (non-hydrogen) atoms. The number of fused-ring (bicyclic) bond motifs is 1. The highest BCUT2D eigenvalue weighted by Gasteiger charge is 2.43. The van der Waals surface area contributed by atoms with Crippen molar-refractivity contribution < 1.29 is 14.3 Å². The molecule has 6 heteroatoms. The van der Waals surface area contributed by atoms with Crippen LogP contribution in [0.5, 0.6) is 5.75 Å². The summed E-state index contributed by atoms with van der Waals surface area (Å²) in [5, 5.41) is 1.88. The highest BCUT2D eigenvalue weighted by Crippen LogP contribution is 2.38. The summed E-state index contributed by atoms with van der Waals surface area (Å²) in [6.45, 7) is 8.80. The van der Waals surface area contributed by atoms with E-state index in [-0.39, 0.29) is 11.8 Å². The average molecular weight is 456 g/mol. The molecule has 5 rings (SSSR count). The molecule has 3 aromatic rings. The number of imide groups is 1. The molecule has 0 N–H and O–H groups in total. The SMILES string of the molecule is CCOc1ccc(C2=C(N3CCN(CC)CC3)C(=O)N(c3cccc4ccccc34)C2=O)cc1. The highest BCUT2D eigenvalue weighted by molar-refractivity contribution is 6.46. The van der Waals surface area contributed by atoms with Crippen molar-refractivity contribution >= 4 is 33.8 Å². The van der Waals surface area contributed by atoms with Gasteiger partial charge in [-0.05, 0) is 42.6 Å². The molecule has 6 nitrogen and oxygen atoms in total. The van der Waals surface area contributed by atoms with Crippen molar-refractivity contribution in [1.29, 1.82) is 0 Å². The minimum absolute atomic E-state index is 0.254.